The standard InChI is InChI=1S/C14H16BrN3O/c15-12-3-1-10(2-4-12)11-7-13(8-11)16-6-5-14-17-9-19-18-14/h1-4,9,11,13,16H,5-8H2. The van der Waals surface area contributed by atoms with Crippen LogP contribution in [0.1, 0.15) is 30.1 Å². The molecule has 0 atom stereocenters. The molecule has 1 aliphatic rings. The first-order valence-corrected chi connectivity index (χ1v) is 7.34. The molecule has 0 unspecified atom stereocenters. The van der Waals surface area contributed by atoms with Gasteiger partial charge in [-0.2, -0.15) is 4.98 Å². The molecule has 1 fully saturated rings. The molecule has 0 saturated heterocycles. The summed E-state index contributed by atoms with van der Waals surface area (Å²) in [6.45, 7) is 0.914. The second-order valence-electron chi connectivity index (χ2n) is 4.97. The molecule has 2 aromatic rings. The van der Waals surface area contributed by atoms with Crippen LogP contribution in [0, 0.1) is 0 Å². The van der Waals surface area contributed by atoms with Gasteiger partial charge in [0.25, 0.3) is 0 Å². The molecule has 0 bridgehead atoms. The highest BCUT2D eigenvalue weighted by atomic mass is 79.9. The van der Waals surface area contributed by atoms with Crippen molar-refractivity contribution in [2.24, 2.45) is 0 Å². The van der Waals surface area contributed by atoms with Gasteiger partial charge < -0.3 is 9.84 Å². The predicted molar refractivity (Wildman–Crippen MR) is 75.9 cm³/mol. The van der Waals surface area contributed by atoms with Gasteiger partial charge in [-0.05, 0) is 36.5 Å². The van der Waals surface area contributed by atoms with Gasteiger partial charge in [0.2, 0.25) is 6.39 Å². The summed E-state index contributed by atoms with van der Waals surface area (Å²) in [6, 6.07) is 9.29. The van der Waals surface area contributed by atoms with E-state index in [1.807, 2.05) is 0 Å². The lowest BCUT2D eigenvalue weighted by atomic mass is 9.76. The molecule has 19 heavy (non-hydrogen) atoms. The maximum atomic E-state index is 4.70. The Balaban J connectivity index is 1.39. The Morgan fingerprint density at radius 2 is 2.05 bits per heavy atom. The Hall–Kier alpha value is -1.20. The average molecular weight is 322 g/mol. The van der Waals surface area contributed by atoms with E-state index in [-0.39, 0.29) is 0 Å². The number of halogens is 1. The third-order valence-electron chi connectivity index (χ3n) is 3.67. The molecule has 1 saturated carbocycles. The summed E-state index contributed by atoms with van der Waals surface area (Å²) >= 11 is 3.47. The number of hydrogen-bond acceptors (Lipinski definition) is 4. The maximum Gasteiger partial charge on any atom is 0.213 e. The summed E-state index contributed by atoms with van der Waals surface area (Å²) in [4.78, 5) is 4.01. The quantitative estimate of drug-likeness (QED) is 0.920. The van der Waals surface area contributed by atoms with Crippen LogP contribution in [-0.4, -0.2) is 22.7 Å². The van der Waals surface area contributed by atoms with Gasteiger partial charge in [0.05, 0.1) is 0 Å². The number of benzene rings is 1. The number of hydrogen-bond donors (Lipinski definition) is 1. The van der Waals surface area contributed by atoms with E-state index in [2.05, 4.69) is 55.7 Å². The lowest BCUT2D eigenvalue weighted by Crippen LogP contribution is -2.41. The first-order chi connectivity index (χ1) is 9.31. The van der Waals surface area contributed by atoms with Gasteiger partial charge in [-0.25, -0.2) is 0 Å². The van der Waals surface area contributed by atoms with E-state index in [1.165, 1.54) is 24.8 Å². The summed E-state index contributed by atoms with van der Waals surface area (Å²) in [6.07, 6.45) is 4.64. The molecule has 0 amide bonds. The molecular formula is C14H16BrN3O. The Labute approximate surface area is 120 Å². The number of nitrogens with zero attached hydrogens (tertiary/aromatic N) is 2. The molecule has 100 valence electrons. The van der Waals surface area contributed by atoms with E-state index in [1.54, 1.807) is 0 Å². The van der Waals surface area contributed by atoms with E-state index >= 15 is 0 Å². The second kappa shape index (κ2) is 5.84. The van der Waals surface area contributed by atoms with Crippen molar-refractivity contribution in [3.63, 3.8) is 0 Å². The average Bonchev–Trinajstić information content (AvgIpc) is 2.87. The van der Waals surface area contributed by atoms with Gasteiger partial charge in [-0.15, -0.1) is 0 Å². The van der Waals surface area contributed by atoms with Crippen molar-refractivity contribution in [3.05, 3.63) is 46.5 Å². The highest BCUT2D eigenvalue weighted by molar-refractivity contribution is 9.10. The van der Waals surface area contributed by atoms with E-state index in [9.17, 15) is 0 Å². The van der Waals surface area contributed by atoms with Crippen LogP contribution in [0.3, 0.4) is 0 Å². The van der Waals surface area contributed by atoms with Crippen molar-refractivity contribution in [2.45, 2.75) is 31.2 Å². The SMILES string of the molecule is Brc1ccc(C2CC(NCCc3ncon3)C2)cc1. The number of rotatable bonds is 5. The van der Waals surface area contributed by atoms with Crippen LogP contribution in [0.25, 0.3) is 0 Å². The highest BCUT2D eigenvalue weighted by Crippen LogP contribution is 2.37. The van der Waals surface area contributed by atoms with E-state index in [0.29, 0.717) is 12.0 Å². The molecule has 1 aliphatic carbocycles. The fraction of sp³-hybridized carbons (Fsp3) is 0.429. The van der Waals surface area contributed by atoms with Gasteiger partial charge in [0, 0.05) is 23.5 Å². The molecule has 4 nitrogen and oxygen atoms in total. The maximum absolute atomic E-state index is 4.70. The smallest absolute Gasteiger partial charge is 0.213 e. The first-order valence-electron chi connectivity index (χ1n) is 6.55. The molecule has 0 aliphatic heterocycles. The molecular weight excluding hydrogens is 306 g/mol. The highest BCUT2D eigenvalue weighted by Gasteiger charge is 2.29. The summed E-state index contributed by atoms with van der Waals surface area (Å²) in [7, 11) is 0. The van der Waals surface area contributed by atoms with Crippen LogP contribution >= 0.6 is 15.9 Å². The summed E-state index contributed by atoms with van der Waals surface area (Å²) in [5.41, 5.74) is 1.44. The fourth-order valence-electron chi connectivity index (χ4n) is 2.48. The Kier molecular flexibility index (Phi) is 3.94. The molecule has 1 aromatic carbocycles. The van der Waals surface area contributed by atoms with E-state index < -0.39 is 0 Å². The Bertz CT molecular complexity index is 506. The molecule has 1 heterocycles. The minimum absolute atomic E-state index is 0.626. The number of aromatic nitrogens is 2. The Morgan fingerprint density at radius 1 is 1.26 bits per heavy atom. The Morgan fingerprint density at radius 3 is 2.74 bits per heavy atom. The minimum atomic E-state index is 0.626. The number of nitrogens with one attached hydrogen (secondary N) is 1. The molecule has 5 heteroatoms. The van der Waals surface area contributed by atoms with Crippen LogP contribution in [-0.2, 0) is 6.42 Å². The first kappa shape index (κ1) is 12.8. The normalized spacial score (nSPS) is 22.2. The van der Waals surface area contributed by atoms with Crippen molar-refractivity contribution >= 4 is 15.9 Å². The summed E-state index contributed by atoms with van der Waals surface area (Å²) in [5.74, 6) is 1.48. The van der Waals surface area contributed by atoms with Crippen molar-refractivity contribution in [3.8, 4) is 0 Å². The topological polar surface area (TPSA) is 51.0 Å². The third-order valence-corrected chi connectivity index (χ3v) is 4.20. The molecule has 3 rings (SSSR count). The predicted octanol–water partition coefficient (Wildman–Crippen LogP) is 2.91. The van der Waals surface area contributed by atoms with Gasteiger partial charge in [0.1, 0.15) is 0 Å². The van der Waals surface area contributed by atoms with E-state index in [0.717, 1.165) is 23.3 Å². The van der Waals surface area contributed by atoms with Crippen molar-refractivity contribution in [2.75, 3.05) is 6.54 Å². The minimum Gasteiger partial charge on any atom is -0.343 e. The fourth-order valence-corrected chi connectivity index (χ4v) is 2.75. The lowest BCUT2D eigenvalue weighted by molar-refractivity contribution is 0.291. The summed E-state index contributed by atoms with van der Waals surface area (Å²) < 4.78 is 5.85. The summed E-state index contributed by atoms with van der Waals surface area (Å²) in [5, 5.41) is 7.33. The zero-order valence-corrected chi connectivity index (χ0v) is 12.1. The van der Waals surface area contributed by atoms with Crippen molar-refractivity contribution < 1.29 is 4.52 Å². The monoisotopic (exact) mass is 321 g/mol. The molecule has 0 radical (unpaired) electrons. The van der Waals surface area contributed by atoms with Gasteiger partial charge >= 0.3 is 0 Å². The van der Waals surface area contributed by atoms with Crippen LogP contribution in [0.4, 0.5) is 0 Å². The van der Waals surface area contributed by atoms with Gasteiger partial charge in [-0.3, -0.25) is 0 Å². The zero-order valence-electron chi connectivity index (χ0n) is 10.6. The van der Waals surface area contributed by atoms with Crippen LogP contribution in [0.5, 0.6) is 0 Å². The van der Waals surface area contributed by atoms with Gasteiger partial charge in [-0.1, -0.05) is 33.2 Å². The molecule has 1 N–H and O–H groups in total. The third kappa shape index (κ3) is 3.22. The van der Waals surface area contributed by atoms with Crippen LogP contribution in [0.15, 0.2) is 39.7 Å². The van der Waals surface area contributed by atoms with Crippen molar-refractivity contribution in [1.82, 2.24) is 15.5 Å². The van der Waals surface area contributed by atoms with Crippen LogP contribution < -0.4 is 5.32 Å². The van der Waals surface area contributed by atoms with Gasteiger partial charge in [0.15, 0.2) is 5.82 Å². The van der Waals surface area contributed by atoms with Crippen molar-refractivity contribution in [1.29, 1.82) is 0 Å². The largest absolute Gasteiger partial charge is 0.343 e. The second-order valence-corrected chi connectivity index (χ2v) is 5.88. The van der Waals surface area contributed by atoms with Crippen LogP contribution in [0.2, 0.25) is 0 Å². The molecule has 1 aromatic heterocycles. The lowest BCUT2D eigenvalue weighted by Gasteiger charge is -2.36. The van der Waals surface area contributed by atoms with E-state index in [4.69, 9.17) is 4.52 Å². The zero-order chi connectivity index (χ0) is 13.1. The molecule has 0 spiro atoms.